The molecule has 0 saturated carbocycles. The van der Waals surface area contributed by atoms with Crippen LogP contribution in [0, 0.1) is 0 Å². The average molecular weight is 809 g/mol. The fourth-order valence-corrected chi connectivity index (χ4v) is 9.97. The summed E-state index contributed by atoms with van der Waals surface area (Å²) in [6.07, 6.45) is 0. The van der Waals surface area contributed by atoms with Gasteiger partial charge in [0.25, 0.3) is 0 Å². The van der Waals surface area contributed by atoms with E-state index in [1.165, 1.54) is 42.1 Å². The topological polar surface area (TPSA) is 43.6 Å². The Hall–Kier alpha value is -7.99. The molecular weight excluding hydrogens is 773 g/mol. The van der Waals surface area contributed by atoms with E-state index in [0.717, 1.165) is 55.7 Å². The third-order valence-corrected chi connectivity index (χ3v) is 13.0. The van der Waals surface area contributed by atoms with Crippen LogP contribution in [0.3, 0.4) is 0 Å². The van der Waals surface area contributed by atoms with Gasteiger partial charge < -0.3 is 4.57 Å². The lowest BCUT2D eigenvalue weighted by molar-refractivity contribution is 1.06. The van der Waals surface area contributed by atoms with E-state index in [0.29, 0.717) is 17.5 Å². The van der Waals surface area contributed by atoms with Gasteiger partial charge in [-0.15, -0.1) is 11.3 Å². The quantitative estimate of drug-likeness (QED) is 0.161. The van der Waals surface area contributed by atoms with E-state index in [9.17, 15) is 0 Å². The van der Waals surface area contributed by atoms with Gasteiger partial charge in [0, 0.05) is 47.6 Å². The van der Waals surface area contributed by atoms with E-state index < -0.39 is 0 Å². The molecule has 0 unspecified atom stereocenters. The molecule has 0 saturated heterocycles. The average Bonchev–Trinajstić information content (AvgIpc) is 3.89. The fraction of sp³-hybridized carbons (Fsp3) is 0. The van der Waals surface area contributed by atoms with Crippen LogP contribution in [0.2, 0.25) is 0 Å². The summed E-state index contributed by atoms with van der Waals surface area (Å²) in [5.74, 6) is 1.85. The largest absolute Gasteiger partial charge is 0.308 e. The summed E-state index contributed by atoms with van der Waals surface area (Å²) in [4.78, 5) is 15.8. The van der Waals surface area contributed by atoms with E-state index in [-0.39, 0.29) is 0 Å². The van der Waals surface area contributed by atoms with Gasteiger partial charge in [0.1, 0.15) is 0 Å². The Morgan fingerprint density at radius 2 is 0.710 bits per heavy atom. The van der Waals surface area contributed by atoms with Crippen molar-refractivity contribution in [2.45, 2.75) is 0 Å². The number of benzene rings is 9. The molecule has 3 aromatic heterocycles. The third kappa shape index (κ3) is 6.26. The number of hydrogen-bond donors (Lipinski definition) is 0. The predicted octanol–water partition coefficient (Wildman–Crippen LogP) is 15.3. The van der Waals surface area contributed by atoms with Gasteiger partial charge in [0.05, 0.1) is 16.7 Å². The number of hydrogen-bond acceptors (Lipinski definition) is 4. The maximum absolute atomic E-state index is 5.34. The molecule has 0 atom stereocenters. The van der Waals surface area contributed by atoms with Gasteiger partial charge in [-0.05, 0) is 69.8 Å². The standard InChI is InChI=1S/C57H36N4S/c1-5-15-37(16-6-1)42-25-29-45-46-30-26-43(38-17-7-2-8-18-38)35-52(46)61(51(45)34-42)50-32-28-41(44-27-31-48-47-23-13-14-24-53(47)62-54(48)36-44)33-49(50)57-59-55(39-19-9-3-10-20-39)58-56(60-57)40-21-11-4-12-22-40/h1-36H. The first-order valence-electron chi connectivity index (χ1n) is 20.8. The normalized spacial score (nSPS) is 11.5. The zero-order valence-corrected chi connectivity index (χ0v) is 34.3. The van der Waals surface area contributed by atoms with Gasteiger partial charge in [-0.1, -0.05) is 182 Å². The summed E-state index contributed by atoms with van der Waals surface area (Å²) < 4.78 is 4.97. The van der Waals surface area contributed by atoms with Gasteiger partial charge in [0.15, 0.2) is 17.5 Å². The predicted molar refractivity (Wildman–Crippen MR) is 260 cm³/mol. The Morgan fingerprint density at radius 1 is 0.290 bits per heavy atom. The van der Waals surface area contributed by atoms with E-state index in [2.05, 4.69) is 187 Å². The summed E-state index contributed by atoms with van der Waals surface area (Å²) in [5, 5.41) is 4.92. The fourth-order valence-electron chi connectivity index (χ4n) is 8.82. The van der Waals surface area contributed by atoms with Crippen LogP contribution in [0.4, 0.5) is 0 Å². The first-order valence-corrected chi connectivity index (χ1v) is 21.7. The highest BCUT2D eigenvalue weighted by Crippen LogP contribution is 2.42. The van der Waals surface area contributed by atoms with Crippen LogP contribution in [0.1, 0.15) is 0 Å². The molecule has 12 aromatic rings. The summed E-state index contributed by atoms with van der Waals surface area (Å²) in [6.45, 7) is 0. The molecule has 0 aliphatic carbocycles. The smallest absolute Gasteiger partial charge is 0.166 e. The van der Waals surface area contributed by atoms with Crippen molar-refractivity contribution in [3.63, 3.8) is 0 Å². The Bertz CT molecular complexity index is 3460. The molecule has 0 radical (unpaired) electrons. The SMILES string of the molecule is c1ccc(-c2ccc3c4ccc(-c5ccccc5)cc4n(-c4ccc(-c5ccc6c(c5)sc5ccccc56)cc4-c4nc(-c5ccccc5)nc(-c5ccccc5)n4)c3c2)cc1. The lowest BCUT2D eigenvalue weighted by Crippen LogP contribution is -2.04. The Balaban J connectivity index is 1.16. The minimum Gasteiger partial charge on any atom is -0.308 e. The van der Waals surface area contributed by atoms with Crippen molar-refractivity contribution < 1.29 is 0 Å². The van der Waals surface area contributed by atoms with Gasteiger partial charge in [0.2, 0.25) is 0 Å². The minimum atomic E-state index is 0.603. The van der Waals surface area contributed by atoms with Crippen molar-refractivity contribution in [1.29, 1.82) is 0 Å². The molecule has 0 spiro atoms. The minimum absolute atomic E-state index is 0.603. The first-order chi connectivity index (χ1) is 30.7. The van der Waals surface area contributed by atoms with Crippen molar-refractivity contribution in [1.82, 2.24) is 19.5 Å². The molecule has 5 heteroatoms. The zero-order valence-electron chi connectivity index (χ0n) is 33.5. The van der Waals surface area contributed by atoms with Crippen LogP contribution in [0.15, 0.2) is 218 Å². The molecule has 0 bridgehead atoms. The molecule has 3 heterocycles. The molecule has 290 valence electrons. The molecule has 4 nitrogen and oxygen atoms in total. The third-order valence-electron chi connectivity index (χ3n) is 11.9. The lowest BCUT2D eigenvalue weighted by atomic mass is 9.99. The van der Waals surface area contributed by atoms with Crippen molar-refractivity contribution in [3.8, 4) is 73.2 Å². The second-order valence-corrected chi connectivity index (χ2v) is 16.7. The zero-order chi connectivity index (χ0) is 41.0. The molecule has 12 rings (SSSR count). The van der Waals surface area contributed by atoms with Crippen LogP contribution in [0.25, 0.3) is 115 Å². The summed E-state index contributed by atoms with van der Waals surface area (Å²) in [6, 6.07) is 77.7. The van der Waals surface area contributed by atoms with Gasteiger partial charge >= 0.3 is 0 Å². The van der Waals surface area contributed by atoms with Crippen LogP contribution in [0.5, 0.6) is 0 Å². The van der Waals surface area contributed by atoms with Crippen LogP contribution >= 0.6 is 11.3 Å². The van der Waals surface area contributed by atoms with E-state index in [1.54, 1.807) is 0 Å². The van der Waals surface area contributed by atoms with Gasteiger partial charge in [-0.2, -0.15) is 0 Å². The van der Waals surface area contributed by atoms with Crippen molar-refractivity contribution in [3.05, 3.63) is 218 Å². The second-order valence-electron chi connectivity index (χ2n) is 15.6. The highest BCUT2D eigenvalue weighted by atomic mass is 32.1. The molecule has 0 aliphatic rings. The Morgan fingerprint density at radius 3 is 1.27 bits per heavy atom. The Kier molecular flexibility index (Phi) is 8.65. The monoisotopic (exact) mass is 808 g/mol. The van der Waals surface area contributed by atoms with Crippen molar-refractivity contribution in [2.75, 3.05) is 0 Å². The summed E-state index contributed by atoms with van der Waals surface area (Å²) in [5.41, 5.74) is 12.8. The van der Waals surface area contributed by atoms with Crippen LogP contribution in [-0.4, -0.2) is 19.5 Å². The van der Waals surface area contributed by atoms with Gasteiger partial charge in [-0.3, -0.25) is 0 Å². The number of aromatic nitrogens is 4. The molecule has 0 fully saturated rings. The van der Waals surface area contributed by atoms with Gasteiger partial charge in [-0.25, -0.2) is 15.0 Å². The Labute approximate surface area is 362 Å². The van der Waals surface area contributed by atoms with E-state index in [1.807, 2.05) is 47.7 Å². The maximum Gasteiger partial charge on any atom is 0.166 e. The summed E-state index contributed by atoms with van der Waals surface area (Å²) in [7, 11) is 0. The number of nitrogens with zero attached hydrogens (tertiary/aromatic N) is 4. The summed E-state index contributed by atoms with van der Waals surface area (Å²) >= 11 is 1.84. The molecule has 0 aliphatic heterocycles. The van der Waals surface area contributed by atoms with E-state index in [4.69, 9.17) is 15.0 Å². The number of thiophene rings is 1. The molecule has 0 amide bonds. The van der Waals surface area contributed by atoms with Crippen molar-refractivity contribution in [2.24, 2.45) is 0 Å². The van der Waals surface area contributed by atoms with Crippen LogP contribution < -0.4 is 0 Å². The molecule has 0 N–H and O–H groups in total. The van der Waals surface area contributed by atoms with E-state index >= 15 is 0 Å². The maximum atomic E-state index is 5.34. The number of fused-ring (bicyclic) bond motifs is 6. The first kappa shape index (κ1) is 35.9. The van der Waals surface area contributed by atoms with Crippen molar-refractivity contribution >= 4 is 53.3 Å². The molecule has 9 aromatic carbocycles. The second kappa shape index (κ2) is 14.9. The number of rotatable bonds is 7. The lowest BCUT2D eigenvalue weighted by Gasteiger charge is -2.17. The van der Waals surface area contributed by atoms with Crippen LogP contribution in [-0.2, 0) is 0 Å². The highest BCUT2D eigenvalue weighted by molar-refractivity contribution is 7.25. The molecular formula is C57H36N4S. The highest BCUT2D eigenvalue weighted by Gasteiger charge is 2.22. The molecule has 62 heavy (non-hydrogen) atoms.